The van der Waals surface area contributed by atoms with Crippen LogP contribution in [-0.4, -0.2) is 48.1 Å². The van der Waals surface area contributed by atoms with Gasteiger partial charge in [0, 0.05) is 41.7 Å². The Hall–Kier alpha value is -4.51. The minimum Gasteiger partial charge on any atom is -0.378 e. The number of urea groups is 1. The molecule has 1 aliphatic heterocycles. The quantitative estimate of drug-likeness (QED) is 0.378. The summed E-state index contributed by atoms with van der Waals surface area (Å²) in [6.07, 6.45) is 1.67. The number of ether oxygens (including phenoxy) is 1. The van der Waals surface area contributed by atoms with Gasteiger partial charge in [-0.25, -0.2) is 22.9 Å². The number of morpholine rings is 1. The van der Waals surface area contributed by atoms with Gasteiger partial charge in [-0.2, -0.15) is 0 Å². The van der Waals surface area contributed by atoms with E-state index >= 15 is 0 Å². The largest absolute Gasteiger partial charge is 0.378 e. The molecule has 1 aliphatic rings. The van der Waals surface area contributed by atoms with E-state index in [2.05, 4.69) is 20.6 Å². The molecular formula is C26H20F3N5O3. The van der Waals surface area contributed by atoms with Crippen molar-refractivity contribution in [2.24, 2.45) is 0 Å². The van der Waals surface area contributed by atoms with Gasteiger partial charge in [-0.05, 0) is 48.5 Å². The number of anilines is 3. The predicted octanol–water partition coefficient (Wildman–Crippen LogP) is 4.76. The van der Waals surface area contributed by atoms with E-state index in [4.69, 9.17) is 4.74 Å². The first-order chi connectivity index (χ1) is 17.8. The van der Waals surface area contributed by atoms with Crippen LogP contribution in [0.15, 0.2) is 60.8 Å². The Kier molecular flexibility index (Phi) is 6.69. The Morgan fingerprint density at radius 3 is 2.14 bits per heavy atom. The number of nitrogens with zero attached hydrogens (tertiary/aromatic N) is 3. The van der Waals surface area contributed by atoms with Crippen LogP contribution in [0.3, 0.4) is 0 Å². The van der Waals surface area contributed by atoms with Gasteiger partial charge in [0.05, 0.1) is 30.4 Å². The molecule has 4 aromatic rings. The number of hydrogen-bond donors (Lipinski definition) is 2. The van der Waals surface area contributed by atoms with E-state index in [1.165, 1.54) is 6.07 Å². The summed E-state index contributed by atoms with van der Waals surface area (Å²) in [6.45, 7) is 2.54. The second kappa shape index (κ2) is 10.2. The zero-order valence-corrected chi connectivity index (χ0v) is 19.3. The summed E-state index contributed by atoms with van der Waals surface area (Å²) < 4.78 is 46.4. The van der Waals surface area contributed by atoms with Gasteiger partial charge in [-0.3, -0.25) is 9.78 Å². The van der Waals surface area contributed by atoms with Crippen molar-refractivity contribution in [2.75, 3.05) is 41.8 Å². The fourth-order valence-corrected chi connectivity index (χ4v) is 3.97. The molecule has 188 valence electrons. The van der Waals surface area contributed by atoms with Crippen LogP contribution in [0.25, 0.3) is 11.0 Å². The highest BCUT2D eigenvalue weighted by Crippen LogP contribution is 2.22. The van der Waals surface area contributed by atoms with Crippen LogP contribution in [0.5, 0.6) is 0 Å². The first-order valence-corrected chi connectivity index (χ1v) is 11.3. The molecular weight excluding hydrogens is 487 g/mol. The van der Waals surface area contributed by atoms with Crippen molar-refractivity contribution in [3.8, 4) is 0 Å². The van der Waals surface area contributed by atoms with Gasteiger partial charge in [0.1, 0.15) is 23.3 Å². The number of benzene rings is 3. The van der Waals surface area contributed by atoms with Crippen molar-refractivity contribution >= 4 is 40.0 Å². The van der Waals surface area contributed by atoms with Gasteiger partial charge in [0.15, 0.2) is 5.78 Å². The average molecular weight is 507 g/mol. The summed E-state index contributed by atoms with van der Waals surface area (Å²) >= 11 is 0. The summed E-state index contributed by atoms with van der Waals surface area (Å²) in [7, 11) is 0. The van der Waals surface area contributed by atoms with Gasteiger partial charge in [0.25, 0.3) is 0 Å². The van der Waals surface area contributed by atoms with Crippen molar-refractivity contribution in [2.45, 2.75) is 0 Å². The molecule has 1 aromatic heterocycles. The molecule has 1 fully saturated rings. The molecule has 0 spiro atoms. The minimum atomic E-state index is -0.870. The highest BCUT2D eigenvalue weighted by atomic mass is 19.1. The van der Waals surface area contributed by atoms with E-state index in [0.717, 1.165) is 24.3 Å². The van der Waals surface area contributed by atoms with Gasteiger partial charge in [-0.15, -0.1) is 0 Å². The fourth-order valence-electron chi connectivity index (χ4n) is 3.97. The third kappa shape index (κ3) is 5.67. The summed E-state index contributed by atoms with van der Waals surface area (Å²) in [6, 6.07) is 9.82. The Morgan fingerprint density at radius 2 is 1.43 bits per heavy atom. The highest BCUT2D eigenvalue weighted by molar-refractivity contribution is 6.11. The number of ketones is 1. The molecule has 1 saturated heterocycles. The van der Waals surface area contributed by atoms with Gasteiger partial charge in [-0.1, -0.05) is 0 Å². The van der Waals surface area contributed by atoms with Gasteiger partial charge in [0.2, 0.25) is 0 Å². The van der Waals surface area contributed by atoms with E-state index in [1.54, 1.807) is 24.4 Å². The molecule has 0 bridgehead atoms. The molecule has 0 saturated carbocycles. The molecule has 11 heteroatoms. The van der Waals surface area contributed by atoms with Crippen LogP contribution in [0, 0.1) is 17.5 Å². The number of amides is 2. The van der Waals surface area contributed by atoms with Crippen molar-refractivity contribution in [3.63, 3.8) is 0 Å². The zero-order chi connectivity index (χ0) is 25.9. The second-order valence-corrected chi connectivity index (χ2v) is 8.33. The molecule has 0 radical (unpaired) electrons. The summed E-state index contributed by atoms with van der Waals surface area (Å²) in [5.41, 5.74) is 1.21. The molecule has 0 atom stereocenters. The smallest absolute Gasteiger partial charge is 0.323 e. The molecule has 2 amide bonds. The number of hydrogen-bond acceptors (Lipinski definition) is 6. The van der Waals surface area contributed by atoms with Crippen LogP contribution in [0.1, 0.15) is 15.9 Å². The molecule has 3 aromatic carbocycles. The Morgan fingerprint density at radius 1 is 0.784 bits per heavy atom. The molecule has 2 N–H and O–H groups in total. The lowest BCUT2D eigenvalue weighted by Crippen LogP contribution is -2.36. The van der Waals surface area contributed by atoms with Crippen LogP contribution in [0.4, 0.5) is 35.2 Å². The Balaban J connectivity index is 1.36. The first-order valence-electron chi connectivity index (χ1n) is 11.3. The highest BCUT2D eigenvalue weighted by Gasteiger charge is 2.17. The maximum absolute atomic E-state index is 14.3. The number of aromatic nitrogens is 2. The van der Waals surface area contributed by atoms with Crippen LogP contribution in [-0.2, 0) is 4.74 Å². The third-order valence-corrected chi connectivity index (χ3v) is 5.67. The Bertz CT molecular complexity index is 1490. The monoisotopic (exact) mass is 507 g/mol. The maximum atomic E-state index is 14.3. The number of carbonyl (C=O) groups is 2. The summed E-state index contributed by atoms with van der Waals surface area (Å²) in [5.74, 6) is -2.32. The van der Waals surface area contributed by atoms with E-state index in [1.807, 2.05) is 4.90 Å². The van der Waals surface area contributed by atoms with E-state index in [9.17, 15) is 22.8 Å². The molecule has 5 rings (SSSR count). The molecule has 0 aliphatic carbocycles. The second-order valence-electron chi connectivity index (χ2n) is 8.33. The van der Waals surface area contributed by atoms with Crippen LogP contribution in [0.2, 0.25) is 0 Å². The van der Waals surface area contributed by atoms with Crippen molar-refractivity contribution in [1.29, 1.82) is 0 Å². The van der Waals surface area contributed by atoms with Crippen molar-refractivity contribution in [1.82, 2.24) is 9.97 Å². The molecule has 0 unspecified atom stereocenters. The molecule has 2 heterocycles. The summed E-state index contributed by atoms with van der Waals surface area (Å²) in [5, 5.41) is 4.62. The number of fused-ring (bicyclic) bond motifs is 1. The normalized spacial score (nSPS) is 13.4. The fraction of sp³-hybridized carbons (Fsp3) is 0.154. The van der Waals surface area contributed by atoms with Gasteiger partial charge < -0.3 is 20.3 Å². The van der Waals surface area contributed by atoms with Gasteiger partial charge >= 0.3 is 6.03 Å². The van der Waals surface area contributed by atoms with E-state index < -0.39 is 29.3 Å². The zero-order valence-electron chi connectivity index (χ0n) is 19.3. The predicted molar refractivity (Wildman–Crippen MR) is 131 cm³/mol. The topological polar surface area (TPSA) is 96.5 Å². The number of nitrogens with one attached hydrogen (secondary N) is 2. The number of rotatable bonds is 5. The maximum Gasteiger partial charge on any atom is 0.323 e. The SMILES string of the molecule is O=C(Nc1cc(F)cc(F)c1)Nc1cc(F)cc(C(=O)c2ccc3ncc(N4CCOCC4)nc3c2)c1. The van der Waals surface area contributed by atoms with Crippen molar-refractivity contribution in [3.05, 3.63) is 89.4 Å². The third-order valence-electron chi connectivity index (χ3n) is 5.67. The van der Waals surface area contributed by atoms with E-state index in [-0.39, 0.29) is 22.5 Å². The van der Waals surface area contributed by atoms with E-state index in [0.29, 0.717) is 49.2 Å². The summed E-state index contributed by atoms with van der Waals surface area (Å²) in [4.78, 5) is 36.5. The number of halogens is 3. The molecule has 8 nitrogen and oxygen atoms in total. The lowest BCUT2D eigenvalue weighted by Gasteiger charge is -2.27. The lowest BCUT2D eigenvalue weighted by molar-refractivity contribution is 0.103. The number of carbonyl (C=O) groups excluding carboxylic acids is 2. The lowest BCUT2D eigenvalue weighted by atomic mass is 10.0. The average Bonchev–Trinajstić information content (AvgIpc) is 2.87. The first kappa shape index (κ1) is 24.2. The van der Waals surface area contributed by atoms with Crippen LogP contribution < -0.4 is 15.5 Å². The minimum absolute atomic E-state index is 0.0104. The van der Waals surface area contributed by atoms with Crippen LogP contribution >= 0.6 is 0 Å². The Labute approximate surface area is 209 Å². The standard InChI is InChI=1S/C26H20F3N5O3/c27-17-7-16(8-20(11-17)31-26(36)32-21-12-18(28)10-19(29)13-21)25(35)15-1-2-22-23(9-15)33-24(14-30-22)34-3-5-37-6-4-34/h1-2,7-14H,3-6H2,(H2,31,32,36). The van der Waals surface area contributed by atoms with Crippen molar-refractivity contribution < 1.29 is 27.5 Å². The molecule has 37 heavy (non-hydrogen) atoms.